The maximum Gasteiger partial charge on any atom is 0.387 e. The van der Waals surface area contributed by atoms with E-state index in [0.717, 1.165) is 6.42 Å². The molecule has 0 amide bonds. The van der Waals surface area contributed by atoms with Gasteiger partial charge in [0.2, 0.25) is 0 Å². The minimum absolute atomic E-state index is 0.0310. The predicted octanol–water partition coefficient (Wildman–Crippen LogP) is 2.76. The summed E-state index contributed by atoms with van der Waals surface area (Å²) < 4.78 is 28.6. The molecule has 1 saturated carbocycles. The second-order valence-electron chi connectivity index (χ2n) is 3.57. The quantitative estimate of drug-likeness (QED) is 0.871. The standard InChI is InChI=1S/C10H10ClF2NO/c11-5-1-2-9(15-10(12)13)7(3-5)6-4-8(6)14/h1-3,6,8,10H,4,14H2/t6-,8+/m0/s1. The number of hydrogen-bond acceptors (Lipinski definition) is 2. The third-order valence-corrected chi connectivity index (χ3v) is 2.66. The van der Waals surface area contributed by atoms with Crippen LogP contribution >= 0.6 is 11.6 Å². The van der Waals surface area contributed by atoms with Crippen molar-refractivity contribution in [1.29, 1.82) is 0 Å². The van der Waals surface area contributed by atoms with Crippen LogP contribution in [0.4, 0.5) is 8.78 Å². The van der Waals surface area contributed by atoms with Crippen molar-refractivity contribution in [2.24, 2.45) is 5.73 Å². The van der Waals surface area contributed by atoms with Crippen molar-refractivity contribution >= 4 is 11.6 Å². The van der Waals surface area contributed by atoms with Crippen LogP contribution in [0.1, 0.15) is 17.9 Å². The first kappa shape index (κ1) is 10.6. The van der Waals surface area contributed by atoms with Gasteiger partial charge in [0.25, 0.3) is 0 Å². The zero-order valence-electron chi connectivity index (χ0n) is 7.79. The summed E-state index contributed by atoms with van der Waals surface area (Å²) in [5.74, 6) is 0.268. The number of benzene rings is 1. The summed E-state index contributed by atoms with van der Waals surface area (Å²) >= 11 is 5.79. The number of halogens is 3. The molecule has 1 aromatic carbocycles. The molecule has 0 spiro atoms. The highest BCUT2D eigenvalue weighted by Crippen LogP contribution is 2.44. The van der Waals surface area contributed by atoms with Crippen molar-refractivity contribution in [3.05, 3.63) is 28.8 Å². The molecule has 1 fully saturated rings. The summed E-state index contributed by atoms with van der Waals surface area (Å²) in [6, 6.07) is 4.64. The van der Waals surface area contributed by atoms with Crippen molar-refractivity contribution in [3.8, 4) is 5.75 Å². The molecule has 0 aromatic heterocycles. The molecular weight excluding hydrogens is 224 g/mol. The van der Waals surface area contributed by atoms with Crippen molar-refractivity contribution in [2.45, 2.75) is 25.0 Å². The monoisotopic (exact) mass is 233 g/mol. The fourth-order valence-corrected chi connectivity index (χ4v) is 1.77. The molecule has 0 unspecified atom stereocenters. The molecule has 1 aromatic rings. The third-order valence-electron chi connectivity index (χ3n) is 2.43. The van der Waals surface area contributed by atoms with Gasteiger partial charge in [-0.2, -0.15) is 8.78 Å². The van der Waals surface area contributed by atoms with Gasteiger partial charge in [0.1, 0.15) is 5.75 Å². The first-order valence-electron chi connectivity index (χ1n) is 4.58. The summed E-state index contributed by atoms with van der Waals surface area (Å²) in [5, 5.41) is 0.505. The van der Waals surface area contributed by atoms with Gasteiger partial charge in [-0.1, -0.05) is 11.6 Å². The summed E-state index contributed by atoms with van der Waals surface area (Å²) in [4.78, 5) is 0. The average Bonchev–Trinajstić information content (AvgIpc) is 2.85. The van der Waals surface area contributed by atoms with E-state index in [4.69, 9.17) is 17.3 Å². The molecule has 2 atom stereocenters. The molecule has 0 aliphatic heterocycles. The van der Waals surface area contributed by atoms with E-state index in [0.29, 0.717) is 10.6 Å². The van der Waals surface area contributed by atoms with Crippen molar-refractivity contribution in [1.82, 2.24) is 0 Å². The highest BCUT2D eigenvalue weighted by atomic mass is 35.5. The Balaban J connectivity index is 2.27. The van der Waals surface area contributed by atoms with Gasteiger partial charge in [-0.15, -0.1) is 0 Å². The summed E-state index contributed by atoms with van der Waals surface area (Å²) in [6.07, 6.45) is 0.792. The Morgan fingerprint density at radius 3 is 2.67 bits per heavy atom. The van der Waals surface area contributed by atoms with E-state index in [1.165, 1.54) is 12.1 Å². The van der Waals surface area contributed by atoms with Crippen molar-refractivity contribution < 1.29 is 13.5 Å². The predicted molar refractivity (Wildman–Crippen MR) is 53.4 cm³/mol. The molecule has 15 heavy (non-hydrogen) atoms. The van der Waals surface area contributed by atoms with Crippen LogP contribution in [0.2, 0.25) is 5.02 Å². The van der Waals surface area contributed by atoms with E-state index >= 15 is 0 Å². The van der Waals surface area contributed by atoms with Crippen LogP contribution in [0.25, 0.3) is 0 Å². The third kappa shape index (κ3) is 2.38. The van der Waals surface area contributed by atoms with Gasteiger partial charge in [0, 0.05) is 22.5 Å². The lowest BCUT2D eigenvalue weighted by molar-refractivity contribution is -0.0504. The SMILES string of the molecule is N[C@@H]1C[C@H]1c1cc(Cl)ccc1OC(F)F. The second kappa shape index (κ2) is 3.94. The van der Waals surface area contributed by atoms with E-state index in [9.17, 15) is 8.78 Å². The Bertz CT molecular complexity index is 372. The lowest BCUT2D eigenvalue weighted by Crippen LogP contribution is -2.06. The number of ether oxygens (including phenoxy) is 1. The number of nitrogens with two attached hydrogens (primary N) is 1. The van der Waals surface area contributed by atoms with E-state index in [-0.39, 0.29) is 17.7 Å². The smallest absolute Gasteiger partial charge is 0.387 e. The zero-order valence-corrected chi connectivity index (χ0v) is 8.55. The Kier molecular flexibility index (Phi) is 2.80. The highest BCUT2D eigenvalue weighted by molar-refractivity contribution is 6.30. The average molecular weight is 234 g/mol. The highest BCUT2D eigenvalue weighted by Gasteiger charge is 2.37. The van der Waals surface area contributed by atoms with E-state index in [1.54, 1.807) is 6.07 Å². The Morgan fingerprint density at radius 2 is 2.13 bits per heavy atom. The molecule has 5 heteroatoms. The molecule has 2 rings (SSSR count). The van der Waals surface area contributed by atoms with Crippen molar-refractivity contribution in [2.75, 3.05) is 0 Å². The molecule has 82 valence electrons. The van der Waals surface area contributed by atoms with Gasteiger partial charge in [-0.3, -0.25) is 0 Å². The van der Waals surface area contributed by atoms with Gasteiger partial charge in [0.05, 0.1) is 0 Å². The molecule has 1 aliphatic rings. The fraction of sp³-hybridized carbons (Fsp3) is 0.400. The Labute approximate surface area is 91.0 Å². The lowest BCUT2D eigenvalue weighted by atomic mass is 10.1. The van der Waals surface area contributed by atoms with Gasteiger partial charge >= 0.3 is 6.61 Å². The lowest BCUT2D eigenvalue weighted by Gasteiger charge is -2.10. The Hall–Kier alpha value is -0.870. The van der Waals surface area contributed by atoms with Crippen LogP contribution in [0.5, 0.6) is 5.75 Å². The van der Waals surface area contributed by atoms with Crippen LogP contribution in [-0.2, 0) is 0 Å². The van der Waals surface area contributed by atoms with Crippen LogP contribution < -0.4 is 10.5 Å². The van der Waals surface area contributed by atoms with E-state index in [1.807, 2.05) is 0 Å². The molecule has 1 aliphatic carbocycles. The summed E-state index contributed by atoms with van der Waals surface area (Å²) in [5.41, 5.74) is 6.34. The molecule has 0 heterocycles. The maximum atomic E-state index is 12.1. The first-order valence-corrected chi connectivity index (χ1v) is 4.95. The number of hydrogen-bond donors (Lipinski definition) is 1. The normalized spacial score (nSPS) is 24.3. The van der Waals surface area contributed by atoms with E-state index in [2.05, 4.69) is 4.74 Å². The summed E-state index contributed by atoms with van der Waals surface area (Å²) in [7, 11) is 0. The Morgan fingerprint density at radius 1 is 1.47 bits per heavy atom. The summed E-state index contributed by atoms with van der Waals surface area (Å²) in [6.45, 7) is -2.82. The molecule has 0 bridgehead atoms. The van der Waals surface area contributed by atoms with Gasteiger partial charge in [-0.25, -0.2) is 0 Å². The molecule has 0 radical (unpaired) electrons. The van der Waals surface area contributed by atoms with Gasteiger partial charge in [0.15, 0.2) is 0 Å². The maximum absolute atomic E-state index is 12.1. The minimum Gasteiger partial charge on any atom is -0.435 e. The van der Waals surface area contributed by atoms with Crippen LogP contribution in [0.3, 0.4) is 0 Å². The number of rotatable bonds is 3. The topological polar surface area (TPSA) is 35.2 Å². The minimum atomic E-state index is -2.82. The molecular formula is C10H10ClF2NO. The largest absolute Gasteiger partial charge is 0.435 e. The number of alkyl halides is 2. The van der Waals surface area contributed by atoms with Gasteiger partial charge in [-0.05, 0) is 24.6 Å². The molecule has 0 saturated heterocycles. The van der Waals surface area contributed by atoms with Crippen LogP contribution in [-0.4, -0.2) is 12.7 Å². The van der Waals surface area contributed by atoms with Crippen LogP contribution in [0.15, 0.2) is 18.2 Å². The van der Waals surface area contributed by atoms with Crippen molar-refractivity contribution in [3.63, 3.8) is 0 Å². The molecule has 2 N–H and O–H groups in total. The fourth-order valence-electron chi connectivity index (χ4n) is 1.58. The second-order valence-corrected chi connectivity index (χ2v) is 4.00. The van der Waals surface area contributed by atoms with Crippen LogP contribution in [0, 0.1) is 0 Å². The molecule has 2 nitrogen and oxygen atoms in total. The van der Waals surface area contributed by atoms with E-state index < -0.39 is 6.61 Å². The zero-order chi connectivity index (χ0) is 11.0. The van der Waals surface area contributed by atoms with Gasteiger partial charge < -0.3 is 10.5 Å². The first-order chi connectivity index (χ1) is 7.08.